The second-order valence-corrected chi connectivity index (χ2v) is 4.71. The summed E-state index contributed by atoms with van der Waals surface area (Å²) in [6, 6.07) is 1.93. The van der Waals surface area contributed by atoms with E-state index in [0.29, 0.717) is 5.95 Å². The second kappa shape index (κ2) is 4.61. The average molecular weight is 210 g/mol. The van der Waals surface area contributed by atoms with Crippen LogP contribution in [0.5, 0.6) is 0 Å². The first-order valence-electron chi connectivity index (χ1n) is 4.85. The summed E-state index contributed by atoms with van der Waals surface area (Å²) in [6.07, 6.45) is 7.05. The van der Waals surface area contributed by atoms with Gasteiger partial charge in [-0.05, 0) is 18.9 Å². The summed E-state index contributed by atoms with van der Waals surface area (Å²) in [5.41, 5.74) is 2.46. The molecule has 1 saturated carbocycles. The van der Waals surface area contributed by atoms with Gasteiger partial charge in [0, 0.05) is 11.4 Å². The van der Waals surface area contributed by atoms with Crippen molar-refractivity contribution in [2.45, 2.75) is 36.0 Å². The maximum atomic E-state index is 5.24. The summed E-state index contributed by atoms with van der Waals surface area (Å²) < 4.78 is 0. The molecule has 0 amide bonds. The zero-order chi connectivity index (χ0) is 9.80. The van der Waals surface area contributed by atoms with E-state index >= 15 is 0 Å². The average Bonchev–Trinajstić information content (AvgIpc) is 2.71. The molecule has 0 unspecified atom stereocenters. The number of aromatic nitrogens is 2. The van der Waals surface area contributed by atoms with Crippen molar-refractivity contribution in [2.75, 3.05) is 5.43 Å². The molecular formula is C9H14N4S. The van der Waals surface area contributed by atoms with Crippen LogP contribution in [0.1, 0.15) is 25.7 Å². The summed E-state index contributed by atoms with van der Waals surface area (Å²) in [4.78, 5) is 8.24. The van der Waals surface area contributed by atoms with Gasteiger partial charge in [-0.1, -0.05) is 12.8 Å². The number of anilines is 1. The van der Waals surface area contributed by atoms with Gasteiger partial charge in [-0.25, -0.2) is 15.8 Å². The summed E-state index contributed by atoms with van der Waals surface area (Å²) in [7, 11) is 0. The summed E-state index contributed by atoms with van der Waals surface area (Å²) in [5.74, 6) is 5.74. The molecule has 0 bridgehead atoms. The van der Waals surface area contributed by atoms with Crippen molar-refractivity contribution in [2.24, 2.45) is 5.84 Å². The Morgan fingerprint density at radius 1 is 1.43 bits per heavy atom. The minimum atomic E-state index is 0.494. The van der Waals surface area contributed by atoms with Crippen molar-refractivity contribution in [3.8, 4) is 0 Å². The minimum Gasteiger partial charge on any atom is -0.292 e. The van der Waals surface area contributed by atoms with Crippen LogP contribution in [0.25, 0.3) is 0 Å². The zero-order valence-corrected chi connectivity index (χ0v) is 8.76. The van der Waals surface area contributed by atoms with Gasteiger partial charge < -0.3 is 0 Å². The number of nitrogens with two attached hydrogens (primary N) is 1. The maximum Gasteiger partial charge on any atom is 0.238 e. The van der Waals surface area contributed by atoms with Crippen molar-refractivity contribution in [3.05, 3.63) is 12.3 Å². The third-order valence-electron chi connectivity index (χ3n) is 2.35. The van der Waals surface area contributed by atoms with Crippen molar-refractivity contribution >= 4 is 17.7 Å². The lowest BCUT2D eigenvalue weighted by Gasteiger charge is -2.07. The number of hydrogen-bond donors (Lipinski definition) is 2. The van der Waals surface area contributed by atoms with E-state index in [9.17, 15) is 0 Å². The van der Waals surface area contributed by atoms with E-state index in [0.717, 1.165) is 10.3 Å². The monoisotopic (exact) mass is 210 g/mol. The minimum absolute atomic E-state index is 0.494. The van der Waals surface area contributed by atoms with Gasteiger partial charge in [0.2, 0.25) is 5.95 Å². The Morgan fingerprint density at radius 2 is 2.21 bits per heavy atom. The van der Waals surface area contributed by atoms with E-state index in [1.54, 1.807) is 6.20 Å². The first kappa shape index (κ1) is 9.73. The molecule has 14 heavy (non-hydrogen) atoms. The van der Waals surface area contributed by atoms with Gasteiger partial charge in [-0.2, -0.15) is 0 Å². The normalized spacial score (nSPS) is 17.2. The first-order valence-corrected chi connectivity index (χ1v) is 5.73. The quantitative estimate of drug-likeness (QED) is 0.452. The molecule has 3 N–H and O–H groups in total. The fraction of sp³-hybridized carbons (Fsp3) is 0.556. The Morgan fingerprint density at radius 3 is 2.93 bits per heavy atom. The molecule has 4 nitrogen and oxygen atoms in total. The van der Waals surface area contributed by atoms with Gasteiger partial charge >= 0.3 is 0 Å². The van der Waals surface area contributed by atoms with Crippen LogP contribution >= 0.6 is 11.8 Å². The largest absolute Gasteiger partial charge is 0.292 e. The molecule has 0 aromatic carbocycles. The van der Waals surface area contributed by atoms with Crippen molar-refractivity contribution in [3.63, 3.8) is 0 Å². The molecule has 1 fully saturated rings. The summed E-state index contributed by atoms with van der Waals surface area (Å²) in [6.45, 7) is 0. The zero-order valence-electron chi connectivity index (χ0n) is 7.94. The Bertz CT molecular complexity index is 299. The van der Waals surface area contributed by atoms with Crippen LogP contribution in [0.3, 0.4) is 0 Å². The Labute approximate surface area is 87.7 Å². The van der Waals surface area contributed by atoms with E-state index in [4.69, 9.17) is 5.84 Å². The molecule has 0 saturated heterocycles. The highest BCUT2D eigenvalue weighted by atomic mass is 32.2. The number of nitrogens with one attached hydrogen (secondary N) is 1. The van der Waals surface area contributed by atoms with Crippen LogP contribution in [0.2, 0.25) is 0 Å². The van der Waals surface area contributed by atoms with E-state index < -0.39 is 0 Å². The molecular weight excluding hydrogens is 196 g/mol. The standard InChI is InChI=1S/C9H14N4S/c10-13-9-11-6-5-8(12-9)14-7-3-1-2-4-7/h5-7H,1-4,10H2,(H,11,12,13). The highest BCUT2D eigenvalue weighted by Gasteiger charge is 2.16. The fourth-order valence-corrected chi connectivity index (χ4v) is 2.84. The molecule has 1 aromatic heterocycles. The lowest BCUT2D eigenvalue weighted by atomic mass is 10.4. The second-order valence-electron chi connectivity index (χ2n) is 3.39. The van der Waals surface area contributed by atoms with Crippen LogP contribution in [-0.2, 0) is 0 Å². The summed E-state index contributed by atoms with van der Waals surface area (Å²) in [5, 5.41) is 1.75. The van der Waals surface area contributed by atoms with Gasteiger partial charge in [0.1, 0.15) is 5.03 Å². The maximum absolute atomic E-state index is 5.24. The lowest BCUT2D eigenvalue weighted by molar-refractivity contribution is 0.886. The topological polar surface area (TPSA) is 63.8 Å². The number of thioether (sulfide) groups is 1. The molecule has 2 rings (SSSR count). The molecule has 1 heterocycles. The van der Waals surface area contributed by atoms with Gasteiger partial charge in [0.15, 0.2) is 0 Å². The van der Waals surface area contributed by atoms with Gasteiger partial charge in [0.25, 0.3) is 0 Å². The van der Waals surface area contributed by atoms with Crippen LogP contribution < -0.4 is 11.3 Å². The number of hydrazine groups is 1. The molecule has 0 atom stereocenters. The Kier molecular flexibility index (Phi) is 3.21. The molecule has 1 aliphatic carbocycles. The predicted octanol–water partition coefficient (Wildman–Crippen LogP) is 1.80. The highest BCUT2D eigenvalue weighted by molar-refractivity contribution is 7.99. The molecule has 0 radical (unpaired) electrons. The van der Waals surface area contributed by atoms with E-state index in [1.165, 1.54) is 25.7 Å². The highest BCUT2D eigenvalue weighted by Crippen LogP contribution is 2.33. The molecule has 76 valence electrons. The van der Waals surface area contributed by atoms with Crippen molar-refractivity contribution in [1.29, 1.82) is 0 Å². The van der Waals surface area contributed by atoms with Crippen LogP contribution in [-0.4, -0.2) is 15.2 Å². The summed E-state index contributed by atoms with van der Waals surface area (Å²) >= 11 is 1.83. The van der Waals surface area contributed by atoms with Gasteiger partial charge in [0.05, 0.1) is 0 Å². The first-order chi connectivity index (χ1) is 6.88. The third-order valence-corrected chi connectivity index (χ3v) is 3.62. The third kappa shape index (κ3) is 2.36. The van der Waals surface area contributed by atoms with Gasteiger partial charge in [-0.15, -0.1) is 11.8 Å². The van der Waals surface area contributed by atoms with E-state index in [1.807, 2.05) is 17.8 Å². The van der Waals surface area contributed by atoms with Crippen molar-refractivity contribution in [1.82, 2.24) is 9.97 Å². The molecule has 0 spiro atoms. The van der Waals surface area contributed by atoms with Crippen LogP contribution in [0.4, 0.5) is 5.95 Å². The Hall–Kier alpha value is -0.810. The van der Waals surface area contributed by atoms with Crippen molar-refractivity contribution < 1.29 is 0 Å². The lowest BCUT2D eigenvalue weighted by Crippen LogP contribution is -2.10. The van der Waals surface area contributed by atoms with E-state index in [-0.39, 0.29) is 0 Å². The smallest absolute Gasteiger partial charge is 0.238 e. The number of rotatable bonds is 3. The predicted molar refractivity (Wildman–Crippen MR) is 58.0 cm³/mol. The van der Waals surface area contributed by atoms with Crippen LogP contribution in [0, 0.1) is 0 Å². The molecule has 0 aliphatic heterocycles. The van der Waals surface area contributed by atoms with E-state index in [2.05, 4.69) is 15.4 Å². The number of nitrogens with zero attached hydrogens (tertiary/aromatic N) is 2. The fourth-order valence-electron chi connectivity index (χ4n) is 1.65. The SMILES string of the molecule is NNc1nccc(SC2CCCC2)n1. The molecule has 1 aromatic rings. The molecule has 5 heteroatoms. The number of hydrogen-bond acceptors (Lipinski definition) is 5. The molecule has 1 aliphatic rings. The van der Waals surface area contributed by atoms with Gasteiger partial charge in [-0.3, -0.25) is 5.43 Å². The number of nitrogen functional groups attached to an aromatic ring is 1. The Balaban J connectivity index is 2.00. The van der Waals surface area contributed by atoms with Crippen LogP contribution in [0.15, 0.2) is 17.3 Å².